The number of carboxylic acids is 1. The van der Waals surface area contributed by atoms with Crippen molar-refractivity contribution < 1.29 is 14.7 Å². The summed E-state index contributed by atoms with van der Waals surface area (Å²) in [4.78, 5) is 25.3. The molecule has 1 unspecified atom stereocenters. The molecule has 1 aliphatic heterocycles. The molecule has 6 nitrogen and oxygen atoms in total. The molecule has 3 rings (SSSR count). The van der Waals surface area contributed by atoms with Gasteiger partial charge in [0, 0.05) is 24.2 Å². The van der Waals surface area contributed by atoms with E-state index in [1.807, 2.05) is 30.3 Å². The molecule has 1 aromatic heterocycles. The molecule has 1 atom stereocenters. The van der Waals surface area contributed by atoms with Gasteiger partial charge in [-0.15, -0.1) is 0 Å². The highest BCUT2D eigenvalue weighted by molar-refractivity contribution is 7.99. The predicted octanol–water partition coefficient (Wildman–Crippen LogP) is 1.90. The minimum absolute atomic E-state index is 0.0296. The maximum atomic E-state index is 12.7. The highest BCUT2D eigenvalue weighted by Crippen LogP contribution is 2.21. The van der Waals surface area contributed by atoms with E-state index in [1.54, 1.807) is 33.6 Å². The molecule has 1 amide bonds. The van der Waals surface area contributed by atoms with Crippen LogP contribution >= 0.6 is 11.8 Å². The first-order valence-corrected chi connectivity index (χ1v) is 8.52. The summed E-state index contributed by atoms with van der Waals surface area (Å²) in [6.07, 6.45) is 1.71. The zero-order chi connectivity index (χ0) is 16.2. The minimum Gasteiger partial charge on any atom is -0.481 e. The molecular formula is C16H17N3O3S. The topological polar surface area (TPSA) is 75.4 Å². The lowest BCUT2D eigenvalue weighted by Crippen LogP contribution is -2.47. The molecule has 0 spiro atoms. The van der Waals surface area contributed by atoms with Gasteiger partial charge in [-0.2, -0.15) is 16.9 Å². The molecule has 23 heavy (non-hydrogen) atoms. The lowest BCUT2D eigenvalue weighted by atomic mass is 10.2. The third-order valence-corrected chi connectivity index (χ3v) is 4.82. The molecule has 1 saturated heterocycles. The van der Waals surface area contributed by atoms with E-state index in [2.05, 4.69) is 5.10 Å². The summed E-state index contributed by atoms with van der Waals surface area (Å²) in [5.41, 5.74) is 1.22. The van der Waals surface area contributed by atoms with Gasteiger partial charge in [0.05, 0.1) is 18.2 Å². The lowest BCUT2D eigenvalue weighted by molar-refractivity contribution is -0.138. The second-order valence-electron chi connectivity index (χ2n) is 5.31. The number of carboxylic acid groups (broad SMARTS) is 1. The third kappa shape index (κ3) is 3.56. The Morgan fingerprint density at radius 3 is 2.78 bits per heavy atom. The molecule has 2 aromatic rings. The van der Waals surface area contributed by atoms with Gasteiger partial charge < -0.3 is 10.0 Å². The summed E-state index contributed by atoms with van der Waals surface area (Å²) in [7, 11) is 0. The van der Waals surface area contributed by atoms with Crippen LogP contribution in [0.4, 0.5) is 0 Å². The number of para-hydroxylation sites is 1. The number of carbonyl (C=O) groups excluding carboxylic acids is 1. The molecule has 1 N–H and O–H groups in total. The Bertz CT molecular complexity index is 702. The molecule has 0 radical (unpaired) electrons. The summed E-state index contributed by atoms with van der Waals surface area (Å²) in [6.45, 7) is 0.555. The molecule has 120 valence electrons. The summed E-state index contributed by atoms with van der Waals surface area (Å²) in [5, 5.41) is 13.4. The zero-order valence-corrected chi connectivity index (χ0v) is 13.3. The normalized spacial score (nSPS) is 17.9. The number of carbonyl (C=O) groups is 2. The fourth-order valence-corrected chi connectivity index (χ4v) is 3.66. The van der Waals surface area contributed by atoms with Crippen LogP contribution in [0, 0.1) is 0 Å². The second kappa shape index (κ2) is 6.87. The van der Waals surface area contributed by atoms with Gasteiger partial charge in [0.1, 0.15) is 0 Å². The Morgan fingerprint density at radius 2 is 2.04 bits per heavy atom. The summed E-state index contributed by atoms with van der Waals surface area (Å²) in [5.74, 6) is 0.384. The number of nitrogens with zero attached hydrogens (tertiary/aromatic N) is 3. The first kappa shape index (κ1) is 15.6. The van der Waals surface area contributed by atoms with Crippen molar-refractivity contribution in [2.45, 2.75) is 12.5 Å². The van der Waals surface area contributed by atoms with Crippen LogP contribution in [0.15, 0.2) is 42.6 Å². The fourth-order valence-electron chi connectivity index (χ4n) is 2.60. The number of amides is 1. The molecule has 1 aromatic carbocycles. The van der Waals surface area contributed by atoms with E-state index in [-0.39, 0.29) is 18.4 Å². The molecular weight excluding hydrogens is 314 g/mol. The Labute approximate surface area is 138 Å². The zero-order valence-electron chi connectivity index (χ0n) is 12.5. The van der Waals surface area contributed by atoms with Crippen LogP contribution in [0.1, 0.15) is 16.9 Å². The van der Waals surface area contributed by atoms with E-state index < -0.39 is 5.97 Å². The van der Waals surface area contributed by atoms with Crippen LogP contribution in [0.3, 0.4) is 0 Å². The first-order valence-electron chi connectivity index (χ1n) is 7.37. The summed E-state index contributed by atoms with van der Waals surface area (Å²) < 4.78 is 1.65. The summed E-state index contributed by atoms with van der Waals surface area (Å²) in [6, 6.07) is 10.9. The fraction of sp³-hybridized carbons (Fsp3) is 0.312. The SMILES string of the molecule is O=C(O)CC1CSCCN1C(=O)c1ccn(-c2ccccc2)n1. The van der Waals surface area contributed by atoms with Crippen LogP contribution < -0.4 is 0 Å². The monoisotopic (exact) mass is 331 g/mol. The van der Waals surface area contributed by atoms with Crippen LogP contribution in [-0.2, 0) is 4.79 Å². The average Bonchev–Trinajstić information content (AvgIpc) is 3.05. The molecule has 0 aliphatic carbocycles. The number of aliphatic carboxylic acids is 1. The largest absolute Gasteiger partial charge is 0.481 e. The van der Waals surface area contributed by atoms with Crippen molar-refractivity contribution >= 4 is 23.6 Å². The number of aromatic nitrogens is 2. The van der Waals surface area contributed by atoms with Crippen molar-refractivity contribution in [2.75, 3.05) is 18.1 Å². The number of benzene rings is 1. The molecule has 1 aliphatic rings. The van der Waals surface area contributed by atoms with Gasteiger partial charge in [0.2, 0.25) is 0 Å². The Kier molecular flexibility index (Phi) is 4.66. The smallest absolute Gasteiger partial charge is 0.305 e. The highest BCUT2D eigenvalue weighted by atomic mass is 32.2. The molecule has 2 heterocycles. The van der Waals surface area contributed by atoms with Crippen molar-refractivity contribution in [3.63, 3.8) is 0 Å². The first-order chi connectivity index (χ1) is 11.1. The number of hydrogen-bond donors (Lipinski definition) is 1. The van der Waals surface area contributed by atoms with E-state index >= 15 is 0 Å². The van der Waals surface area contributed by atoms with Gasteiger partial charge in [-0.05, 0) is 18.2 Å². The Morgan fingerprint density at radius 1 is 1.26 bits per heavy atom. The van der Waals surface area contributed by atoms with Gasteiger partial charge in [-0.3, -0.25) is 9.59 Å². The maximum absolute atomic E-state index is 12.7. The molecule has 0 saturated carbocycles. The van der Waals surface area contributed by atoms with Gasteiger partial charge in [0.15, 0.2) is 5.69 Å². The molecule has 0 bridgehead atoms. The van der Waals surface area contributed by atoms with E-state index in [4.69, 9.17) is 5.11 Å². The third-order valence-electron chi connectivity index (χ3n) is 3.73. The van der Waals surface area contributed by atoms with Crippen molar-refractivity contribution in [2.24, 2.45) is 0 Å². The van der Waals surface area contributed by atoms with Crippen LogP contribution in [0.5, 0.6) is 0 Å². The molecule has 7 heteroatoms. The highest BCUT2D eigenvalue weighted by Gasteiger charge is 2.30. The van der Waals surface area contributed by atoms with Crippen molar-refractivity contribution in [3.8, 4) is 5.69 Å². The predicted molar refractivity (Wildman–Crippen MR) is 88.0 cm³/mol. The van der Waals surface area contributed by atoms with E-state index in [9.17, 15) is 9.59 Å². The minimum atomic E-state index is -0.884. The van der Waals surface area contributed by atoms with Crippen molar-refractivity contribution in [1.29, 1.82) is 0 Å². The van der Waals surface area contributed by atoms with Gasteiger partial charge in [0.25, 0.3) is 5.91 Å². The second-order valence-corrected chi connectivity index (χ2v) is 6.46. The Balaban J connectivity index is 1.79. The van der Waals surface area contributed by atoms with Crippen LogP contribution in [0.25, 0.3) is 5.69 Å². The van der Waals surface area contributed by atoms with E-state index in [1.165, 1.54) is 0 Å². The van der Waals surface area contributed by atoms with Crippen LogP contribution in [-0.4, -0.2) is 55.8 Å². The lowest BCUT2D eigenvalue weighted by Gasteiger charge is -2.34. The van der Waals surface area contributed by atoms with Crippen LogP contribution in [0.2, 0.25) is 0 Å². The number of thioether (sulfide) groups is 1. The standard InChI is InChI=1S/C16H17N3O3S/c20-15(21)10-13-11-23-9-8-18(13)16(22)14-6-7-19(17-14)12-4-2-1-3-5-12/h1-7,13H,8-11H2,(H,20,21). The van der Waals surface area contributed by atoms with Crippen molar-refractivity contribution in [3.05, 3.63) is 48.3 Å². The quantitative estimate of drug-likeness (QED) is 0.926. The van der Waals surface area contributed by atoms with E-state index in [0.717, 1.165) is 11.4 Å². The average molecular weight is 331 g/mol. The van der Waals surface area contributed by atoms with Gasteiger partial charge in [-0.1, -0.05) is 18.2 Å². The maximum Gasteiger partial charge on any atom is 0.305 e. The van der Waals surface area contributed by atoms with Gasteiger partial charge in [-0.25, -0.2) is 4.68 Å². The number of rotatable bonds is 4. The summed E-state index contributed by atoms with van der Waals surface area (Å²) >= 11 is 1.68. The van der Waals surface area contributed by atoms with E-state index in [0.29, 0.717) is 18.0 Å². The van der Waals surface area contributed by atoms with Crippen molar-refractivity contribution in [1.82, 2.24) is 14.7 Å². The van der Waals surface area contributed by atoms with Gasteiger partial charge >= 0.3 is 5.97 Å². The number of hydrogen-bond acceptors (Lipinski definition) is 4. The molecule has 1 fully saturated rings. The Hall–Kier alpha value is -2.28.